The van der Waals surface area contributed by atoms with Gasteiger partial charge >= 0.3 is 0 Å². The Balaban J connectivity index is 1.90. The van der Waals surface area contributed by atoms with Crippen LogP contribution in [0.1, 0.15) is 31.5 Å². The van der Waals surface area contributed by atoms with Crippen molar-refractivity contribution in [3.63, 3.8) is 0 Å². The first kappa shape index (κ1) is 13.8. The molecule has 0 radical (unpaired) electrons. The fourth-order valence-electron chi connectivity index (χ4n) is 2.14. The van der Waals surface area contributed by atoms with Gasteiger partial charge in [0.25, 0.3) is 0 Å². The van der Waals surface area contributed by atoms with Gasteiger partial charge in [0.15, 0.2) is 5.82 Å². The second-order valence-corrected chi connectivity index (χ2v) is 5.71. The van der Waals surface area contributed by atoms with Crippen molar-refractivity contribution in [2.24, 2.45) is 5.73 Å². The third kappa shape index (κ3) is 3.24. The average Bonchev–Trinajstić information content (AvgIpc) is 2.99. The van der Waals surface area contributed by atoms with Gasteiger partial charge in [-0.05, 0) is 13.1 Å². The van der Waals surface area contributed by atoms with Gasteiger partial charge in [0, 0.05) is 30.5 Å². The Hall–Kier alpha value is -0.590. The SMILES string of the molecule is CCN(CC)CCc1noc(C2CSCC2N)n1. The molecule has 5 nitrogen and oxygen atoms in total. The molecule has 1 saturated heterocycles. The maximum atomic E-state index is 6.03. The third-order valence-electron chi connectivity index (χ3n) is 3.47. The zero-order valence-corrected chi connectivity index (χ0v) is 11.9. The van der Waals surface area contributed by atoms with Gasteiger partial charge in [-0.25, -0.2) is 0 Å². The monoisotopic (exact) mass is 270 g/mol. The molecule has 2 atom stereocenters. The molecule has 6 heteroatoms. The molecule has 0 amide bonds. The molecule has 2 unspecified atom stereocenters. The van der Waals surface area contributed by atoms with E-state index >= 15 is 0 Å². The van der Waals surface area contributed by atoms with Crippen molar-refractivity contribution < 1.29 is 4.52 Å². The predicted molar refractivity (Wildman–Crippen MR) is 73.8 cm³/mol. The average molecular weight is 270 g/mol. The van der Waals surface area contributed by atoms with Gasteiger partial charge < -0.3 is 15.2 Å². The summed E-state index contributed by atoms with van der Waals surface area (Å²) >= 11 is 1.86. The summed E-state index contributed by atoms with van der Waals surface area (Å²) in [6, 6.07) is 0.158. The molecular formula is C12H22N4OS. The molecule has 0 saturated carbocycles. The summed E-state index contributed by atoms with van der Waals surface area (Å²) in [5, 5.41) is 4.06. The van der Waals surface area contributed by atoms with Crippen LogP contribution in [0, 0.1) is 0 Å². The number of hydrogen-bond donors (Lipinski definition) is 1. The molecule has 1 aromatic rings. The molecule has 0 bridgehead atoms. The second-order valence-electron chi connectivity index (χ2n) is 4.63. The molecule has 102 valence electrons. The molecule has 2 heterocycles. The Bertz CT molecular complexity index is 367. The van der Waals surface area contributed by atoms with Gasteiger partial charge in [0.2, 0.25) is 5.89 Å². The molecule has 1 fully saturated rings. The standard InChI is InChI=1S/C12H22N4OS/c1-3-16(4-2)6-5-11-14-12(17-15-11)9-7-18-8-10(9)13/h9-10H,3-8,13H2,1-2H3. The number of hydrogen-bond acceptors (Lipinski definition) is 6. The number of rotatable bonds is 6. The van der Waals surface area contributed by atoms with E-state index in [0.29, 0.717) is 0 Å². The normalized spacial score (nSPS) is 24.0. The molecule has 18 heavy (non-hydrogen) atoms. The van der Waals surface area contributed by atoms with E-state index in [4.69, 9.17) is 10.3 Å². The number of nitrogens with two attached hydrogens (primary N) is 1. The maximum absolute atomic E-state index is 6.03. The topological polar surface area (TPSA) is 68.2 Å². The smallest absolute Gasteiger partial charge is 0.232 e. The zero-order valence-electron chi connectivity index (χ0n) is 11.1. The first-order chi connectivity index (χ1) is 8.74. The summed E-state index contributed by atoms with van der Waals surface area (Å²) in [5.74, 6) is 3.76. The lowest BCUT2D eigenvalue weighted by Crippen LogP contribution is -2.27. The van der Waals surface area contributed by atoms with Gasteiger partial charge in [-0.2, -0.15) is 16.7 Å². The first-order valence-corrected chi connectivity index (χ1v) is 7.78. The predicted octanol–water partition coefficient (Wildman–Crippen LogP) is 1.11. The van der Waals surface area contributed by atoms with E-state index in [1.807, 2.05) is 11.8 Å². The van der Waals surface area contributed by atoms with Crippen LogP contribution in [0.2, 0.25) is 0 Å². The molecule has 1 aliphatic rings. The minimum Gasteiger partial charge on any atom is -0.339 e. The van der Waals surface area contributed by atoms with Gasteiger partial charge in [0.1, 0.15) is 0 Å². The van der Waals surface area contributed by atoms with Crippen LogP contribution in [0.3, 0.4) is 0 Å². The molecule has 1 aliphatic heterocycles. The molecule has 2 N–H and O–H groups in total. The van der Waals surface area contributed by atoms with Crippen LogP contribution >= 0.6 is 11.8 Å². The fourth-order valence-corrected chi connectivity index (χ4v) is 3.43. The Kier molecular flexibility index (Phi) is 5.03. The van der Waals surface area contributed by atoms with Crippen molar-refractivity contribution in [1.82, 2.24) is 15.0 Å². The number of aromatic nitrogens is 2. The van der Waals surface area contributed by atoms with Crippen molar-refractivity contribution in [2.45, 2.75) is 32.2 Å². The van der Waals surface area contributed by atoms with Crippen molar-refractivity contribution in [3.05, 3.63) is 11.7 Å². The first-order valence-electron chi connectivity index (χ1n) is 6.62. The van der Waals surface area contributed by atoms with Crippen LogP contribution in [0.25, 0.3) is 0 Å². The summed E-state index contributed by atoms with van der Waals surface area (Å²) in [4.78, 5) is 6.84. The van der Waals surface area contributed by atoms with Gasteiger partial charge in [0.05, 0.1) is 5.92 Å². The summed E-state index contributed by atoms with van der Waals surface area (Å²) in [6.45, 7) is 7.44. The van der Waals surface area contributed by atoms with Crippen molar-refractivity contribution in [2.75, 3.05) is 31.1 Å². The van der Waals surface area contributed by atoms with E-state index < -0.39 is 0 Å². The maximum Gasteiger partial charge on any atom is 0.232 e. The third-order valence-corrected chi connectivity index (χ3v) is 4.69. The van der Waals surface area contributed by atoms with Gasteiger partial charge in [-0.1, -0.05) is 19.0 Å². The lowest BCUT2D eigenvalue weighted by Gasteiger charge is -2.16. The highest BCUT2D eigenvalue weighted by Crippen LogP contribution is 2.30. The van der Waals surface area contributed by atoms with E-state index in [2.05, 4.69) is 28.9 Å². The van der Waals surface area contributed by atoms with Crippen molar-refractivity contribution >= 4 is 11.8 Å². The van der Waals surface area contributed by atoms with Crippen LogP contribution < -0.4 is 5.73 Å². The quantitative estimate of drug-likeness (QED) is 0.835. The van der Waals surface area contributed by atoms with E-state index in [9.17, 15) is 0 Å². The van der Waals surface area contributed by atoms with Crippen molar-refractivity contribution in [1.29, 1.82) is 0 Å². The molecular weight excluding hydrogens is 248 g/mol. The Morgan fingerprint density at radius 1 is 1.39 bits per heavy atom. The highest BCUT2D eigenvalue weighted by molar-refractivity contribution is 7.99. The minimum atomic E-state index is 0.158. The largest absolute Gasteiger partial charge is 0.339 e. The minimum absolute atomic E-state index is 0.158. The van der Waals surface area contributed by atoms with E-state index in [1.54, 1.807) is 0 Å². The van der Waals surface area contributed by atoms with Crippen LogP contribution in [0.4, 0.5) is 0 Å². The van der Waals surface area contributed by atoms with E-state index in [0.717, 1.165) is 49.3 Å². The van der Waals surface area contributed by atoms with Crippen LogP contribution in [-0.2, 0) is 6.42 Å². The van der Waals surface area contributed by atoms with Crippen LogP contribution in [0.5, 0.6) is 0 Å². The van der Waals surface area contributed by atoms with Crippen molar-refractivity contribution in [3.8, 4) is 0 Å². The Morgan fingerprint density at radius 2 is 2.17 bits per heavy atom. The Labute approximate surface area is 112 Å². The fraction of sp³-hybridized carbons (Fsp3) is 0.833. The highest BCUT2D eigenvalue weighted by atomic mass is 32.2. The summed E-state index contributed by atoms with van der Waals surface area (Å²) in [5.41, 5.74) is 6.03. The molecule has 0 aromatic carbocycles. The van der Waals surface area contributed by atoms with Crippen LogP contribution in [0.15, 0.2) is 4.52 Å². The lowest BCUT2D eigenvalue weighted by atomic mass is 10.1. The van der Waals surface area contributed by atoms with Gasteiger partial charge in [-0.15, -0.1) is 0 Å². The van der Waals surface area contributed by atoms with E-state index in [1.165, 1.54) is 0 Å². The Morgan fingerprint density at radius 3 is 2.78 bits per heavy atom. The highest BCUT2D eigenvalue weighted by Gasteiger charge is 2.30. The summed E-state index contributed by atoms with van der Waals surface area (Å²) in [7, 11) is 0. The van der Waals surface area contributed by atoms with Crippen LogP contribution in [-0.4, -0.2) is 52.2 Å². The lowest BCUT2D eigenvalue weighted by molar-refractivity contribution is 0.302. The summed E-state index contributed by atoms with van der Waals surface area (Å²) in [6.07, 6.45) is 0.848. The molecule has 2 rings (SSSR count). The number of likely N-dealkylation sites (N-methyl/N-ethyl adjacent to an activating group) is 1. The van der Waals surface area contributed by atoms with E-state index in [-0.39, 0.29) is 12.0 Å². The molecule has 1 aromatic heterocycles. The number of thioether (sulfide) groups is 1. The zero-order chi connectivity index (χ0) is 13.0. The molecule has 0 aliphatic carbocycles. The summed E-state index contributed by atoms with van der Waals surface area (Å²) < 4.78 is 5.35. The van der Waals surface area contributed by atoms with Gasteiger partial charge in [-0.3, -0.25) is 0 Å². The molecule has 0 spiro atoms. The second kappa shape index (κ2) is 6.54. The number of nitrogens with zero attached hydrogens (tertiary/aromatic N) is 3.